The molecule has 218 valence electrons. The molecule has 0 bridgehead atoms. The first-order valence-corrected chi connectivity index (χ1v) is 14.3. The van der Waals surface area contributed by atoms with Crippen molar-refractivity contribution in [3.8, 4) is 22.8 Å². The molecule has 8 nitrogen and oxygen atoms in total. The van der Waals surface area contributed by atoms with Gasteiger partial charge in [0.1, 0.15) is 5.75 Å². The molecule has 1 amide bonds. The van der Waals surface area contributed by atoms with E-state index in [1.165, 1.54) is 4.68 Å². The smallest absolute Gasteiger partial charge is 0.282 e. The summed E-state index contributed by atoms with van der Waals surface area (Å²) in [5, 5.41) is 7.99. The van der Waals surface area contributed by atoms with Gasteiger partial charge in [-0.3, -0.25) is 9.59 Å². The van der Waals surface area contributed by atoms with E-state index in [-0.39, 0.29) is 18.1 Å². The SMILES string of the molecule is Cc1ccc(NC(=O)COc2ccc(-n3c(C)cc(C=Nn4c(-c5ccccc5)nc5ccccc5c4=O)c3C)cc2)cc1. The van der Waals surface area contributed by atoms with Crippen molar-refractivity contribution >= 4 is 28.7 Å². The average Bonchev–Trinajstić information content (AvgIpc) is 3.33. The molecule has 1 N–H and O–H groups in total. The van der Waals surface area contributed by atoms with E-state index in [1.54, 1.807) is 12.3 Å². The van der Waals surface area contributed by atoms with Gasteiger partial charge in [0.05, 0.1) is 17.1 Å². The summed E-state index contributed by atoms with van der Waals surface area (Å²) < 4.78 is 9.19. The van der Waals surface area contributed by atoms with Gasteiger partial charge in [0.15, 0.2) is 12.4 Å². The summed E-state index contributed by atoms with van der Waals surface area (Å²) in [6.45, 7) is 5.93. The van der Waals surface area contributed by atoms with Crippen molar-refractivity contribution in [1.82, 2.24) is 14.2 Å². The van der Waals surface area contributed by atoms with Crippen LogP contribution in [0.15, 0.2) is 119 Å². The standard InChI is InChI=1S/C36H31N5O3/c1-24-13-15-29(16-14-24)38-34(42)23-44-31-19-17-30(18-20-31)40-25(2)21-28(26(40)3)22-37-41-35(27-9-5-4-6-10-27)39-33-12-8-7-11-32(33)36(41)43/h4-22H,23H2,1-3H3,(H,38,42). The van der Waals surface area contributed by atoms with Crippen LogP contribution in [0.1, 0.15) is 22.5 Å². The zero-order chi connectivity index (χ0) is 30.6. The fourth-order valence-electron chi connectivity index (χ4n) is 5.11. The molecule has 2 aromatic heterocycles. The maximum absolute atomic E-state index is 13.5. The van der Waals surface area contributed by atoms with Crippen molar-refractivity contribution in [2.45, 2.75) is 20.8 Å². The summed E-state index contributed by atoms with van der Waals surface area (Å²) in [5.74, 6) is 0.839. The van der Waals surface area contributed by atoms with Gasteiger partial charge in [-0.1, -0.05) is 60.2 Å². The Kier molecular flexibility index (Phi) is 7.88. The molecule has 0 aliphatic heterocycles. The maximum atomic E-state index is 13.5. The van der Waals surface area contributed by atoms with E-state index in [0.29, 0.717) is 22.5 Å². The van der Waals surface area contributed by atoms with E-state index in [1.807, 2.05) is 124 Å². The molecule has 8 heteroatoms. The summed E-state index contributed by atoms with van der Waals surface area (Å²) >= 11 is 0. The van der Waals surface area contributed by atoms with Gasteiger partial charge >= 0.3 is 0 Å². The largest absolute Gasteiger partial charge is 0.484 e. The highest BCUT2D eigenvalue weighted by atomic mass is 16.5. The second-order valence-electron chi connectivity index (χ2n) is 10.5. The van der Waals surface area contributed by atoms with Gasteiger partial charge in [-0.25, -0.2) is 4.98 Å². The average molecular weight is 582 g/mol. The van der Waals surface area contributed by atoms with Crippen molar-refractivity contribution in [1.29, 1.82) is 0 Å². The molecule has 0 radical (unpaired) electrons. The molecule has 0 aliphatic rings. The number of amides is 1. The highest BCUT2D eigenvalue weighted by Crippen LogP contribution is 2.23. The lowest BCUT2D eigenvalue weighted by Gasteiger charge is -2.12. The molecule has 0 saturated carbocycles. The van der Waals surface area contributed by atoms with Crippen LogP contribution in [0.3, 0.4) is 0 Å². The van der Waals surface area contributed by atoms with Crippen molar-refractivity contribution in [3.63, 3.8) is 0 Å². The number of ether oxygens (including phenoxy) is 1. The number of anilines is 1. The molecule has 0 unspecified atom stereocenters. The van der Waals surface area contributed by atoms with Crippen molar-refractivity contribution < 1.29 is 9.53 Å². The zero-order valence-corrected chi connectivity index (χ0v) is 24.7. The first kappa shape index (κ1) is 28.4. The van der Waals surface area contributed by atoms with Gasteiger partial charge in [0, 0.05) is 33.9 Å². The van der Waals surface area contributed by atoms with Gasteiger partial charge in [-0.15, -0.1) is 0 Å². The molecule has 6 aromatic rings. The van der Waals surface area contributed by atoms with Crippen LogP contribution in [0, 0.1) is 20.8 Å². The van der Waals surface area contributed by atoms with Crippen molar-refractivity contribution in [3.05, 3.63) is 142 Å². The number of carbonyl (C=O) groups excluding carboxylic acids is 1. The number of aromatic nitrogens is 3. The lowest BCUT2D eigenvalue weighted by Crippen LogP contribution is -2.20. The lowest BCUT2D eigenvalue weighted by molar-refractivity contribution is -0.118. The molecule has 2 heterocycles. The van der Waals surface area contributed by atoms with Crippen LogP contribution < -0.4 is 15.6 Å². The predicted molar refractivity (Wildman–Crippen MR) is 175 cm³/mol. The van der Waals surface area contributed by atoms with E-state index >= 15 is 0 Å². The molecule has 0 spiro atoms. The van der Waals surface area contributed by atoms with E-state index in [0.717, 1.165) is 39.5 Å². The van der Waals surface area contributed by atoms with Crippen molar-refractivity contribution in [2.24, 2.45) is 5.10 Å². The highest BCUT2D eigenvalue weighted by molar-refractivity contribution is 5.91. The number of aryl methyl sites for hydroxylation is 2. The second-order valence-corrected chi connectivity index (χ2v) is 10.5. The van der Waals surface area contributed by atoms with Gasteiger partial charge in [0.2, 0.25) is 0 Å². The van der Waals surface area contributed by atoms with Crippen LogP contribution in [-0.4, -0.2) is 33.0 Å². The third-order valence-corrected chi connectivity index (χ3v) is 7.37. The van der Waals surface area contributed by atoms with Gasteiger partial charge < -0.3 is 14.6 Å². The fourth-order valence-corrected chi connectivity index (χ4v) is 5.11. The number of nitrogens with zero attached hydrogens (tertiary/aromatic N) is 4. The minimum absolute atomic E-state index is 0.0939. The molecule has 0 fully saturated rings. The topological polar surface area (TPSA) is 90.5 Å². The van der Waals surface area contributed by atoms with Gasteiger partial charge in [-0.2, -0.15) is 9.78 Å². The summed E-state index contributed by atoms with van der Waals surface area (Å²) in [4.78, 5) is 30.6. The van der Waals surface area contributed by atoms with E-state index in [4.69, 9.17) is 9.72 Å². The molecular formula is C36H31N5O3. The highest BCUT2D eigenvalue weighted by Gasteiger charge is 2.14. The van der Waals surface area contributed by atoms with Gasteiger partial charge in [0.25, 0.3) is 11.5 Å². The maximum Gasteiger partial charge on any atom is 0.282 e. The monoisotopic (exact) mass is 581 g/mol. The quantitative estimate of drug-likeness (QED) is 0.203. The Morgan fingerprint density at radius 3 is 2.34 bits per heavy atom. The fraction of sp³-hybridized carbons (Fsp3) is 0.111. The number of rotatable bonds is 8. The molecule has 0 atom stereocenters. The van der Waals surface area contributed by atoms with E-state index in [2.05, 4.69) is 15.0 Å². The van der Waals surface area contributed by atoms with Crippen LogP contribution >= 0.6 is 0 Å². The van der Waals surface area contributed by atoms with Crippen LogP contribution in [0.5, 0.6) is 5.75 Å². The van der Waals surface area contributed by atoms with Crippen LogP contribution in [0.2, 0.25) is 0 Å². The number of benzene rings is 4. The number of hydrogen-bond donors (Lipinski definition) is 1. The minimum Gasteiger partial charge on any atom is -0.484 e. The third-order valence-electron chi connectivity index (χ3n) is 7.37. The Hall–Kier alpha value is -5.76. The molecule has 0 aliphatic carbocycles. The van der Waals surface area contributed by atoms with Gasteiger partial charge in [-0.05, 0) is 75.4 Å². The summed E-state index contributed by atoms with van der Waals surface area (Å²) in [6, 6.07) is 34.1. The second kappa shape index (κ2) is 12.2. The predicted octanol–water partition coefficient (Wildman–Crippen LogP) is 6.68. The molecule has 4 aromatic carbocycles. The normalized spacial score (nSPS) is 11.2. The Balaban J connectivity index is 1.23. The van der Waals surface area contributed by atoms with Crippen molar-refractivity contribution in [2.75, 3.05) is 11.9 Å². The van der Waals surface area contributed by atoms with Crippen LogP contribution in [0.25, 0.3) is 28.0 Å². The lowest BCUT2D eigenvalue weighted by atomic mass is 10.2. The number of fused-ring (bicyclic) bond motifs is 1. The molecular weight excluding hydrogens is 550 g/mol. The summed E-state index contributed by atoms with van der Waals surface area (Å²) in [6.07, 6.45) is 1.70. The molecule has 44 heavy (non-hydrogen) atoms. The Labute approximate surface area is 254 Å². The number of hydrogen-bond acceptors (Lipinski definition) is 5. The first-order valence-electron chi connectivity index (χ1n) is 14.3. The Bertz CT molecular complexity index is 2040. The Morgan fingerprint density at radius 1 is 0.886 bits per heavy atom. The zero-order valence-electron chi connectivity index (χ0n) is 24.7. The van der Waals surface area contributed by atoms with Crippen LogP contribution in [-0.2, 0) is 4.79 Å². The molecule has 0 saturated heterocycles. The first-order chi connectivity index (χ1) is 21.4. The molecule has 6 rings (SSSR count). The van der Waals surface area contributed by atoms with E-state index in [9.17, 15) is 9.59 Å². The number of para-hydroxylation sites is 1. The third kappa shape index (κ3) is 5.91. The number of nitrogens with one attached hydrogen (secondary N) is 1. The van der Waals surface area contributed by atoms with E-state index < -0.39 is 0 Å². The van der Waals surface area contributed by atoms with Crippen LogP contribution in [0.4, 0.5) is 5.69 Å². The Morgan fingerprint density at radius 2 is 1.59 bits per heavy atom. The number of carbonyl (C=O) groups is 1. The summed E-state index contributed by atoms with van der Waals surface area (Å²) in [7, 11) is 0. The minimum atomic E-state index is -0.234. The summed E-state index contributed by atoms with van der Waals surface area (Å²) in [5.41, 5.74) is 6.82.